The molecule has 0 saturated carbocycles. The zero-order chi connectivity index (χ0) is 14.5. The Hall–Kier alpha value is -1.30. The lowest BCUT2D eigenvalue weighted by Crippen LogP contribution is -2.49. The first-order valence-corrected chi connectivity index (χ1v) is 6.95. The highest BCUT2D eigenvalue weighted by molar-refractivity contribution is 6.31. The Labute approximate surface area is 123 Å². The summed E-state index contributed by atoms with van der Waals surface area (Å²) in [5.74, 6) is 0.546. The standard InChI is InChI=1S/C14H19ClN2O3/c1-20-12-3-2-11(13(15)8-12)9-16-4-6-17(7-5-16)14(19)10-18/h2-3,8,18H,4-7,9-10H2,1H3. The number of carbonyl (C=O) groups excluding carboxylic acids is 1. The van der Waals surface area contributed by atoms with Crippen molar-refractivity contribution in [3.05, 3.63) is 28.8 Å². The summed E-state index contributed by atoms with van der Waals surface area (Å²) in [6.07, 6.45) is 0. The van der Waals surface area contributed by atoms with Crippen LogP contribution >= 0.6 is 11.6 Å². The van der Waals surface area contributed by atoms with Gasteiger partial charge in [-0.15, -0.1) is 0 Å². The average Bonchev–Trinajstić information content (AvgIpc) is 2.49. The van der Waals surface area contributed by atoms with Gasteiger partial charge in [0.2, 0.25) is 5.91 Å². The summed E-state index contributed by atoms with van der Waals surface area (Å²) in [7, 11) is 1.61. The van der Waals surface area contributed by atoms with Crippen molar-refractivity contribution < 1.29 is 14.6 Å². The lowest BCUT2D eigenvalue weighted by Gasteiger charge is -2.34. The van der Waals surface area contributed by atoms with Crippen molar-refractivity contribution in [1.82, 2.24) is 9.80 Å². The Morgan fingerprint density at radius 3 is 2.60 bits per heavy atom. The number of nitrogens with zero attached hydrogens (tertiary/aromatic N) is 2. The van der Waals surface area contributed by atoms with E-state index in [2.05, 4.69) is 4.90 Å². The van der Waals surface area contributed by atoms with Crippen molar-refractivity contribution in [2.75, 3.05) is 39.9 Å². The van der Waals surface area contributed by atoms with Crippen molar-refractivity contribution in [2.45, 2.75) is 6.54 Å². The Balaban J connectivity index is 1.91. The molecule has 1 fully saturated rings. The number of methoxy groups -OCH3 is 1. The van der Waals surface area contributed by atoms with Gasteiger partial charge in [0.1, 0.15) is 12.4 Å². The highest BCUT2D eigenvalue weighted by Gasteiger charge is 2.20. The average molecular weight is 299 g/mol. The van der Waals surface area contributed by atoms with Crippen LogP contribution in [0.15, 0.2) is 18.2 Å². The number of benzene rings is 1. The van der Waals surface area contributed by atoms with Crippen molar-refractivity contribution in [2.24, 2.45) is 0 Å². The number of aliphatic hydroxyl groups excluding tert-OH is 1. The predicted octanol–water partition coefficient (Wildman–Crippen LogP) is 0.985. The monoisotopic (exact) mass is 298 g/mol. The van der Waals surface area contributed by atoms with Gasteiger partial charge >= 0.3 is 0 Å². The molecule has 1 heterocycles. The maximum Gasteiger partial charge on any atom is 0.248 e. The fraction of sp³-hybridized carbons (Fsp3) is 0.500. The molecule has 6 heteroatoms. The van der Waals surface area contributed by atoms with Crippen LogP contribution in [0, 0.1) is 0 Å². The first kappa shape index (κ1) is 15.1. The number of halogens is 1. The van der Waals surface area contributed by atoms with E-state index in [1.807, 2.05) is 18.2 Å². The molecule has 1 aromatic rings. The maximum atomic E-state index is 11.4. The molecule has 1 N–H and O–H groups in total. The molecule has 20 heavy (non-hydrogen) atoms. The second-order valence-corrected chi connectivity index (χ2v) is 5.18. The number of piperazine rings is 1. The van der Waals surface area contributed by atoms with Gasteiger partial charge in [0.25, 0.3) is 0 Å². The first-order chi connectivity index (χ1) is 9.63. The summed E-state index contributed by atoms with van der Waals surface area (Å²) in [4.78, 5) is 15.3. The summed E-state index contributed by atoms with van der Waals surface area (Å²) in [6, 6.07) is 5.67. The molecule has 0 aliphatic carbocycles. The molecular weight excluding hydrogens is 280 g/mol. The minimum absolute atomic E-state index is 0.202. The maximum absolute atomic E-state index is 11.4. The normalized spacial score (nSPS) is 16.2. The topological polar surface area (TPSA) is 53.0 Å². The van der Waals surface area contributed by atoms with Crippen LogP contribution in [0.3, 0.4) is 0 Å². The van der Waals surface area contributed by atoms with Gasteiger partial charge in [0.15, 0.2) is 0 Å². The minimum atomic E-state index is -0.412. The lowest BCUT2D eigenvalue weighted by molar-refractivity contribution is -0.135. The summed E-state index contributed by atoms with van der Waals surface area (Å²) < 4.78 is 5.13. The third kappa shape index (κ3) is 3.62. The fourth-order valence-corrected chi connectivity index (χ4v) is 2.51. The number of aliphatic hydroxyl groups is 1. The lowest BCUT2D eigenvalue weighted by atomic mass is 10.2. The molecule has 5 nitrogen and oxygen atoms in total. The molecule has 1 aliphatic rings. The van der Waals surface area contributed by atoms with E-state index in [0.29, 0.717) is 18.1 Å². The smallest absolute Gasteiger partial charge is 0.248 e. The van der Waals surface area contributed by atoms with E-state index in [9.17, 15) is 4.79 Å². The Morgan fingerprint density at radius 1 is 1.35 bits per heavy atom. The molecule has 2 rings (SSSR count). The van der Waals surface area contributed by atoms with Crippen LogP contribution in [0.2, 0.25) is 5.02 Å². The van der Waals surface area contributed by atoms with Crippen LogP contribution in [-0.2, 0) is 11.3 Å². The number of amides is 1. The molecule has 0 bridgehead atoms. The highest BCUT2D eigenvalue weighted by atomic mass is 35.5. The number of hydrogen-bond acceptors (Lipinski definition) is 4. The molecule has 0 spiro atoms. The highest BCUT2D eigenvalue weighted by Crippen LogP contribution is 2.23. The quantitative estimate of drug-likeness (QED) is 0.900. The van der Waals surface area contributed by atoms with Gasteiger partial charge in [-0.3, -0.25) is 9.69 Å². The second-order valence-electron chi connectivity index (χ2n) is 4.77. The van der Waals surface area contributed by atoms with E-state index in [1.165, 1.54) is 0 Å². The van der Waals surface area contributed by atoms with Crippen LogP contribution in [0.5, 0.6) is 5.75 Å². The van der Waals surface area contributed by atoms with E-state index in [4.69, 9.17) is 21.4 Å². The Bertz CT molecular complexity index is 473. The van der Waals surface area contributed by atoms with Crippen molar-refractivity contribution in [1.29, 1.82) is 0 Å². The van der Waals surface area contributed by atoms with E-state index in [-0.39, 0.29) is 5.91 Å². The molecule has 1 saturated heterocycles. The van der Waals surface area contributed by atoms with Crippen LogP contribution in [0.4, 0.5) is 0 Å². The van der Waals surface area contributed by atoms with Crippen molar-refractivity contribution >= 4 is 17.5 Å². The molecule has 1 amide bonds. The molecule has 0 radical (unpaired) electrons. The molecule has 1 aliphatic heterocycles. The van der Waals surface area contributed by atoms with Gasteiger partial charge in [-0.05, 0) is 17.7 Å². The second kappa shape index (κ2) is 6.92. The minimum Gasteiger partial charge on any atom is -0.497 e. The largest absolute Gasteiger partial charge is 0.497 e. The number of rotatable bonds is 4. The predicted molar refractivity (Wildman–Crippen MR) is 76.9 cm³/mol. The zero-order valence-electron chi connectivity index (χ0n) is 11.5. The summed E-state index contributed by atoms with van der Waals surface area (Å²) >= 11 is 6.22. The van der Waals surface area contributed by atoms with Gasteiger partial charge in [-0.25, -0.2) is 0 Å². The summed E-state index contributed by atoms with van der Waals surface area (Å²) in [6.45, 7) is 3.21. The van der Waals surface area contributed by atoms with Gasteiger partial charge in [-0.2, -0.15) is 0 Å². The Morgan fingerprint density at radius 2 is 2.05 bits per heavy atom. The fourth-order valence-electron chi connectivity index (χ4n) is 2.28. The van der Waals surface area contributed by atoms with E-state index in [0.717, 1.165) is 30.9 Å². The molecule has 110 valence electrons. The van der Waals surface area contributed by atoms with Gasteiger partial charge in [0, 0.05) is 37.7 Å². The number of hydrogen-bond donors (Lipinski definition) is 1. The molecule has 0 unspecified atom stereocenters. The van der Waals surface area contributed by atoms with Gasteiger partial charge < -0.3 is 14.7 Å². The molecular formula is C14H19ClN2O3. The SMILES string of the molecule is COc1ccc(CN2CCN(C(=O)CO)CC2)c(Cl)c1. The summed E-state index contributed by atoms with van der Waals surface area (Å²) in [5.41, 5.74) is 1.05. The first-order valence-electron chi connectivity index (χ1n) is 6.57. The van der Waals surface area contributed by atoms with Crippen LogP contribution < -0.4 is 4.74 Å². The van der Waals surface area contributed by atoms with E-state index in [1.54, 1.807) is 12.0 Å². The van der Waals surface area contributed by atoms with Crippen LogP contribution in [0.1, 0.15) is 5.56 Å². The van der Waals surface area contributed by atoms with Crippen LogP contribution in [-0.4, -0.2) is 60.7 Å². The molecule has 1 aromatic carbocycles. The van der Waals surface area contributed by atoms with E-state index >= 15 is 0 Å². The Kier molecular flexibility index (Phi) is 5.23. The number of ether oxygens (including phenoxy) is 1. The van der Waals surface area contributed by atoms with Crippen molar-refractivity contribution in [3.63, 3.8) is 0 Å². The third-order valence-electron chi connectivity index (χ3n) is 3.51. The van der Waals surface area contributed by atoms with Crippen molar-refractivity contribution in [3.8, 4) is 5.75 Å². The van der Waals surface area contributed by atoms with Gasteiger partial charge in [-0.1, -0.05) is 17.7 Å². The van der Waals surface area contributed by atoms with Gasteiger partial charge in [0.05, 0.1) is 7.11 Å². The van der Waals surface area contributed by atoms with Crippen LogP contribution in [0.25, 0.3) is 0 Å². The molecule has 0 atom stereocenters. The zero-order valence-corrected chi connectivity index (χ0v) is 12.3. The van der Waals surface area contributed by atoms with E-state index < -0.39 is 6.61 Å². The molecule has 0 aromatic heterocycles. The number of carbonyl (C=O) groups is 1. The summed E-state index contributed by atoms with van der Waals surface area (Å²) in [5, 5.41) is 9.53. The third-order valence-corrected chi connectivity index (χ3v) is 3.87.